The minimum Gasteiger partial charge on any atom is -0.480 e. The van der Waals surface area contributed by atoms with Crippen LogP contribution in [0.15, 0.2) is 18.2 Å². The molecule has 9 heteroatoms. The molecule has 0 unspecified atom stereocenters. The summed E-state index contributed by atoms with van der Waals surface area (Å²) in [4.78, 5) is 32.8. The van der Waals surface area contributed by atoms with E-state index in [0.717, 1.165) is 12.1 Å². The monoisotopic (exact) mass is 294 g/mol. The molecular formula is C12H11FN4O4. The van der Waals surface area contributed by atoms with Crippen molar-refractivity contribution in [2.24, 2.45) is 0 Å². The van der Waals surface area contributed by atoms with Crippen LogP contribution < -0.4 is 16.0 Å². The predicted octanol–water partition coefficient (Wildman–Crippen LogP) is 0.0197. The molecule has 0 aromatic heterocycles. The molecule has 0 aliphatic rings. The van der Waals surface area contributed by atoms with E-state index < -0.39 is 36.8 Å². The molecule has 0 radical (unpaired) electrons. The van der Waals surface area contributed by atoms with Gasteiger partial charge in [0.25, 0.3) is 0 Å². The Morgan fingerprint density at radius 2 is 1.95 bits per heavy atom. The molecule has 0 aliphatic heterocycles. The normalized spacial score (nSPS) is 9.33. The molecule has 0 fully saturated rings. The molecule has 0 atom stereocenters. The summed E-state index contributed by atoms with van der Waals surface area (Å²) in [6.07, 6.45) is 0. The van der Waals surface area contributed by atoms with Crippen LogP contribution in [0.2, 0.25) is 0 Å². The lowest BCUT2D eigenvalue weighted by molar-refractivity contribution is -0.137. The number of halogens is 1. The molecule has 0 spiro atoms. The van der Waals surface area contributed by atoms with Crippen LogP contribution in [0.5, 0.6) is 0 Å². The molecule has 4 N–H and O–H groups in total. The van der Waals surface area contributed by atoms with Crippen molar-refractivity contribution in [1.82, 2.24) is 10.6 Å². The van der Waals surface area contributed by atoms with Crippen LogP contribution in [-0.4, -0.2) is 36.1 Å². The van der Waals surface area contributed by atoms with E-state index in [1.807, 2.05) is 0 Å². The third-order valence-electron chi connectivity index (χ3n) is 2.19. The summed E-state index contributed by atoms with van der Waals surface area (Å²) < 4.78 is 13.1. The fraction of sp³-hybridized carbons (Fsp3) is 0.167. The number of nitriles is 1. The van der Waals surface area contributed by atoms with Gasteiger partial charge in [0, 0.05) is 5.69 Å². The van der Waals surface area contributed by atoms with E-state index in [0.29, 0.717) is 0 Å². The lowest BCUT2D eigenvalue weighted by Gasteiger charge is -2.08. The van der Waals surface area contributed by atoms with Gasteiger partial charge < -0.3 is 21.1 Å². The number of carboxylic acids is 1. The highest BCUT2D eigenvalue weighted by molar-refractivity contribution is 5.92. The third-order valence-corrected chi connectivity index (χ3v) is 2.19. The number of hydrogen-bond acceptors (Lipinski definition) is 4. The zero-order valence-electron chi connectivity index (χ0n) is 10.6. The highest BCUT2D eigenvalue weighted by atomic mass is 19.1. The van der Waals surface area contributed by atoms with Crippen molar-refractivity contribution in [3.05, 3.63) is 29.6 Å². The van der Waals surface area contributed by atoms with Crippen molar-refractivity contribution in [3.8, 4) is 6.07 Å². The number of hydrogen-bond donors (Lipinski definition) is 4. The fourth-order valence-corrected chi connectivity index (χ4v) is 1.26. The summed E-state index contributed by atoms with van der Waals surface area (Å²) in [6.45, 7) is -0.975. The summed E-state index contributed by atoms with van der Waals surface area (Å²) in [5.74, 6) is -2.59. The molecule has 0 heterocycles. The number of urea groups is 1. The Bertz CT molecular complexity index is 612. The van der Waals surface area contributed by atoms with Crippen LogP contribution >= 0.6 is 0 Å². The van der Waals surface area contributed by atoms with Crippen LogP contribution in [0.4, 0.5) is 14.9 Å². The lowest BCUT2D eigenvalue weighted by atomic mass is 10.2. The average molecular weight is 294 g/mol. The SMILES string of the molecule is N#Cc1cc(NC(=O)NCC(=O)NCC(=O)O)ccc1F. The highest BCUT2D eigenvalue weighted by Crippen LogP contribution is 2.13. The molecule has 21 heavy (non-hydrogen) atoms. The van der Waals surface area contributed by atoms with E-state index in [4.69, 9.17) is 10.4 Å². The highest BCUT2D eigenvalue weighted by Gasteiger charge is 2.08. The standard InChI is InChI=1S/C12H11FN4O4/c13-9-2-1-8(3-7(9)4-14)17-12(21)16-5-10(18)15-6-11(19)20/h1-3H,5-6H2,(H,15,18)(H,19,20)(H2,16,17,21). The number of carbonyl (C=O) groups is 3. The second-order valence-electron chi connectivity index (χ2n) is 3.78. The van der Waals surface area contributed by atoms with E-state index in [9.17, 15) is 18.8 Å². The van der Waals surface area contributed by atoms with Crippen molar-refractivity contribution in [2.75, 3.05) is 18.4 Å². The van der Waals surface area contributed by atoms with E-state index in [1.165, 1.54) is 6.07 Å². The maximum Gasteiger partial charge on any atom is 0.322 e. The van der Waals surface area contributed by atoms with Gasteiger partial charge in [-0.25, -0.2) is 9.18 Å². The minimum atomic E-state index is -1.21. The predicted molar refractivity (Wildman–Crippen MR) is 68.8 cm³/mol. The quantitative estimate of drug-likeness (QED) is 0.608. The lowest BCUT2D eigenvalue weighted by Crippen LogP contribution is -2.40. The molecule has 110 valence electrons. The van der Waals surface area contributed by atoms with Gasteiger partial charge in [-0.2, -0.15) is 5.26 Å². The van der Waals surface area contributed by atoms with Gasteiger partial charge in [-0.1, -0.05) is 0 Å². The summed E-state index contributed by atoms with van der Waals surface area (Å²) in [5.41, 5.74) is -0.0524. The summed E-state index contributed by atoms with van der Waals surface area (Å²) >= 11 is 0. The van der Waals surface area contributed by atoms with Gasteiger partial charge >= 0.3 is 12.0 Å². The Hall–Kier alpha value is -3.15. The zero-order valence-corrected chi connectivity index (χ0v) is 10.6. The first-order chi connectivity index (χ1) is 9.92. The van der Waals surface area contributed by atoms with Crippen LogP contribution in [0.1, 0.15) is 5.56 Å². The average Bonchev–Trinajstić information content (AvgIpc) is 2.44. The van der Waals surface area contributed by atoms with E-state index >= 15 is 0 Å². The summed E-state index contributed by atoms with van der Waals surface area (Å²) in [6, 6.07) is 4.28. The molecule has 0 saturated heterocycles. The number of carbonyl (C=O) groups excluding carboxylic acids is 2. The Labute approximate surface area is 118 Å². The van der Waals surface area contributed by atoms with Gasteiger partial charge in [-0.05, 0) is 18.2 Å². The Balaban J connectivity index is 2.46. The summed E-state index contributed by atoms with van der Waals surface area (Å²) in [5, 5.41) is 23.5. The number of anilines is 1. The van der Waals surface area contributed by atoms with Crippen LogP contribution in [0.3, 0.4) is 0 Å². The number of aliphatic carboxylic acids is 1. The Morgan fingerprint density at radius 1 is 1.24 bits per heavy atom. The zero-order chi connectivity index (χ0) is 15.8. The van der Waals surface area contributed by atoms with Crippen molar-refractivity contribution < 1.29 is 23.9 Å². The maximum absolute atomic E-state index is 13.1. The molecule has 0 saturated carbocycles. The first kappa shape index (κ1) is 15.9. The molecule has 1 rings (SSSR count). The van der Waals surface area contributed by atoms with Gasteiger partial charge in [0.2, 0.25) is 5.91 Å². The fourth-order valence-electron chi connectivity index (χ4n) is 1.26. The van der Waals surface area contributed by atoms with Gasteiger partial charge in [0.15, 0.2) is 0 Å². The number of amides is 3. The Morgan fingerprint density at radius 3 is 2.57 bits per heavy atom. The van der Waals surface area contributed by atoms with Gasteiger partial charge in [0.1, 0.15) is 18.4 Å². The van der Waals surface area contributed by atoms with Crippen molar-refractivity contribution in [1.29, 1.82) is 5.26 Å². The van der Waals surface area contributed by atoms with Crippen molar-refractivity contribution in [3.63, 3.8) is 0 Å². The second-order valence-corrected chi connectivity index (χ2v) is 3.78. The number of rotatable bonds is 5. The second kappa shape index (κ2) is 7.44. The molecule has 0 aliphatic carbocycles. The van der Waals surface area contributed by atoms with Crippen molar-refractivity contribution in [2.45, 2.75) is 0 Å². The maximum atomic E-state index is 13.1. The van der Waals surface area contributed by atoms with Gasteiger partial charge in [-0.3, -0.25) is 9.59 Å². The molecule has 0 bridgehead atoms. The molecule has 1 aromatic carbocycles. The minimum absolute atomic E-state index is 0.177. The number of nitrogens with zero attached hydrogens (tertiary/aromatic N) is 1. The van der Waals surface area contributed by atoms with Crippen LogP contribution in [0, 0.1) is 17.1 Å². The largest absolute Gasteiger partial charge is 0.480 e. The van der Waals surface area contributed by atoms with E-state index in [1.54, 1.807) is 6.07 Å². The van der Waals surface area contributed by atoms with Gasteiger partial charge in [-0.15, -0.1) is 0 Å². The van der Waals surface area contributed by atoms with Crippen LogP contribution in [0.25, 0.3) is 0 Å². The van der Waals surface area contributed by atoms with E-state index in [-0.39, 0.29) is 11.3 Å². The van der Waals surface area contributed by atoms with E-state index in [2.05, 4.69) is 16.0 Å². The molecule has 3 amide bonds. The molecular weight excluding hydrogens is 283 g/mol. The number of carboxylic acid groups (broad SMARTS) is 1. The first-order valence-corrected chi connectivity index (χ1v) is 5.65. The smallest absolute Gasteiger partial charge is 0.322 e. The number of benzene rings is 1. The number of nitrogens with one attached hydrogen (secondary N) is 3. The first-order valence-electron chi connectivity index (χ1n) is 5.65. The van der Waals surface area contributed by atoms with Gasteiger partial charge in [0.05, 0.1) is 12.1 Å². The molecule has 8 nitrogen and oxygen atoms in total. The third kappa shape index (κ3) is 5.56. The molecule has 1 aromatic rings. The van der Waals surface area contributed by atoms with Crippen molar-refractivity contribution >= 4 is 23.6 Å². The van der Waals surface area contributed by atoms with Crippen LogP contribution in [-0.2, 0) is 9.59 Å². The topological polar surface area (TPSA) is 131 Å². The summed E-state index contributed by atoms with van der Waals surface area (Å²) in [7, 11) is 0. The Kier molecular flexibility index (Phi) is 5.64.